The molecule has 1 aliphatic rings. The second-order valence-corrected chi connectivity index (χ2v) is 6.63. The van der Waals surface area contributed by atoms with Gasteiger partial charge in [0.15, 0.2) is 5.96 Å². The Morgan fingerprint density at radius 1 is 1.33 bits per heavy atom. The molecular formula is C19H33N5. The zero-order chi connectivity index (χ0) is 17.4. The van der Waals surface area contributed by atoms with Crippen molar-refractivity contribution < 1.29 is 0 Å². The van der Waals surface area contributed by atoms with E-state index in [-0.39, 0.29) is 0 Å². The lowest BCUT2D eigenvalue weighted by atomic mass is 10.2. The first kappa shape index (κ1) is 18.6. The molecule has 134 valence electrons. The molecule has 0 bridgehead atoms. The van der Waals surface area contributed by atoms with Crippen LogP contribution in [0.4, 0.5) is 5.69 Å². The van der Waals surface area contributed by atoms with E-state index in [1.54, 1.807) is 0 Å². The Labute approximate surface area is 147 Å². The second-order valence-electron chi connectivity index (χ2n) is 6.63. The van der Waals surface area contributed by atoms with Gasteiger partial charge >= 0.3 is 0 Å². The third-order valence-electron chi connectivity index (χ3n) is 4.70. The van der Waals surface area contributed by atoms with Gasteiger partial charge in [0.05, 0.1) is 0 Å². The maximum absolute atomic E-state index is 4.37. The molecule has 0 amide bonds. The number of nitrogens with one attached hydrogen (secondary N) is 2. The van der Waals surface area contributed by atoms with Crippen LogP contribution in [0.25, 0.3) is 0 Å². The maximum Gasteiger partial charge on any atom is 0.191 e. The minimum atomic E-state index is 0.448. The minimum Gasteiger partial charge on any atom is -0.369 e. The largest absolute Gasteiger partial charge is 0.369 e. The lowest BCUT2D eigenvalue weighted by molar-refractivity contribution is 0.237. The summed E-state index contributed by atoms with van der Waals surface area (Å²) in [5.41, 5.74) is 1.31. The van der Waals surface area contributed by atoms with Crippen molar-refractivity contribution in [3.05, 3.63) is 30.3 Å². The van der Waals surface area contributed by atoms with Gasteiger partial charge in [-0.1, -0.05) is 25.1 Å². The van der Waals surface area contributed by atoms with E-state index < -0.39 is 0 Å². The first-order valence-electron chi connectivity index (χ1n) is 9.15. The van der Waals surface area contributed by atoms with Crippen LogP contribution in [0, 0.1) is 0 Å². The molecular weight excluding hydrogens is 298 g/mol. The molecule has 1 aromatic carbocycles. The minimum absolute atomic E-state index is 0.448. The summed E-state index contributed by atoms with van der Waals surface area (Å²) in [6.45, 7) is 11.9. The summed E-state index contributed by atoms with van der Waals surface area (Å²) in [6, 6.07) is 11.7. The van der Waals surface area contributed by atoms with E-state index in [4.69, 9.17) is 0 Å². The predicted molar refractivity (Wildman–Crippen MR) is 104 cm³/mol. The molecule has 1 heterocycles. The predicted octanol–water partition coefficient (Wildman–Crippen LogP) is 2.16. The average molecular weight is 332 g/mol. The lowest BCUT2D eigenvalue weighted by Gasteiger charge is -2.25. The quantitative estimate of drug-likeness (QED) is 0.594. The fraction of sp³-hybridized carbons (Fsp3) is 0.632. The smallest absolute Gasteiger partial charge is 0.191 e. The topological polar surface area (TPSA) is 42.9 Å². The number of guanidine groups is 1. The third-order valence-corrected chi connectivity index (χ3v) is 4.70. The van der Waals surface area contributed by atoms with Crippen LogP contribution in [0.15, 0.2) is 35.3 Å². The Balaban J connectivity index is 1.76. The first-order valence-corrected chi connectivity index (χ1v) is 9.15. The molecule has 5 nitrogen and oxygen atoms in total. The summed E-state index contributed by atoms with van der Waals surface area (Å²) in [7, 11) is 1.85. The Hall–Kier alpha value is -1.75. The van der Waals surface area contributed by atoms with Crippen molar-refractivity contribution >= 4 is 11.6 Å². The lowest BCUT2D eigenvalue weighted by Crippen LogP contribution is -2.47. The second kappa shape index (κ2) is 9.52. The molecule has 0 aliphatic carbocycles. The molecule has 0 spiro atoms. The molecule has 1 aliphatic heterocycles. The normalized spacial score (nSPS) is 18.5. The molecule has 2 rings (SSSR count). The van der Waals surface area contributed by atoms with Gasteiger partial charge in [0.1, 0.15) is 0 Å². The van der Waals surface area contributed by atoms with Crippen molar-refractivity contribution in [1.29, 1.82) is 0 Å². The van der Waals surface area contributed by atoms with Crippen molar-refractivity contribution in [2.75, 3.05) is 44.7 Å². The van der Waals surface area contributed by atoms with Crippen molar-refractivity contribution in [1.82, 2.24) is 15.5 Å². The van der Waals surface area contributed by atoms with Crippen LogP contribution in [-0.2, 0) is 0 Å². The van der Waals surface area contributed by atoms with E-state index in [0.717, 1.165) is 45.1 Å². The number of hydrogen-bond acceptors (Lipinski definition) is 3. The summed E-state index contributed by atoms with van der Waals surface area (Å²) in [6.07, 6.45) is 1.14. The van der Waals surface area contributed by atoms with Gasteiger partial charge in [0, 0.05) is 51.0 Å². The van der Waals surface area contributed by atoms with E-state index in [0.29, 0.717) is 12.1 Å². The fourth-order valence-electron chi connectivity index (χ4n) is 3.24. The number of benzene rings is 1. The van der Waals surface area contributed by atoms with Crippen molar-refractivity contribution in [3.63, 3.8) is 0 Å². The molecule has 1 aromatic rings. The number of para-hydroxylation sites is 1. The standard InChI is InChI=1S/C19H33N5/c1-5-23(16(2)3)14-12-21-19(20-4)22-17-11-13-24(15-17)18-9-7-6-8-10-18/h6-10,16-17H,5,11-15H2,1-4H3,(H2,20,21,22). The summed E-state index contributed by atoms with van der Waals surface area (Å²) >= 11 is 0. The number of nitrogens with zero attached hydrogens (tertiary/aromatic N) is 3. The molecule has 0 radical (unpaired) electrons. The third kappa shape index (κ3) is 5.41. The number of aliphatic imine (C=N–C) groups is 1. The monoisotopic (exact) mass is 331 g/mol. The van der Waals surface area contributed by atoms with Gasteiger partial charge in [-0.05, 0) is 38.9 Å². The summed E-state index contributed by atoms with van der Waals surface area (Å²) in [5, 5.41) is 7.01. The van der Waals surface area contributed by atoms with Crippen LogP contribution in [0.3, 0.4) is 0 Å². The molecule has 1 atom stereocenters. The Morgan fingerprint density at radius 3 is 2.71 bits per heavy atom. The van der Waals surface area contributed by atoms with Gasteiger partial charge in [-0.15, -0.1) is 0 Å². The van der Waals surface area contributed by atoms with Crippen LogP contribution >= 0.6 is 0 Å². The van der Waals surface area contributed by atoms with Gasteiger partial charge in [0.2, 0.25) is 0 Å². The number of rotatable bonds is 7. The molecule has 0 saturated carbocycles. The van der Waals surface area contributed by atoms with Gasteiger partial charge in [0.25, 0.3) is 0 Å². The number of likely N-dealkylation sites (N-methyl/N-ethyl adjacent to an activating group) is 1. The summed E-state index contributed by atoms with van der Waals surface area (Å²) in [5.74, 6) is 0.912. The van der Waals surface area contributed by atoms with Gasteiger partial charge in [-0.25, -0.2) is 0 Å². The van der Waals surface area contributed by atoms with E-state index >= 15 is 0 Å². The van der Waals surface area contributed by atoms with Gasteiger partial charge < -0.3 is 15.5 Å². The van der Waals surface area contributed by atoms with Gasteiger partial charge in [-0.3, -0.25) is 9.89 Å². The highest BCUT2D eigenvalue weighted by molar-refractivity contribution is 5.80. The van der Waals surface area contributed by atoms with E-state index in [1.807, 2.05) is 7.05 Å². The fourth-order valence-corrected chi connectivity index (χ4v) is 3.24. The Bertz CT molecular complexity index is 500. The van der Waals surface area contributed by atoms with Crippen LogP contribution in [0.1, 0.15) is 27.2 Å². The van der Waals surface area contributed by atoms with E-state index in [1.165, 1.54) is 5.69 Å². The van der Waals surface area contributed by atoms with E-state index in [2.05, 4.69) is 76.5 Å². The van der Waals surface area contributed by atoms with Crippen LogP contribution in [0.2, 0.25) is 0 Å². The highest BCUT2D eigenvalue weighted by atomic mass is 15.3. The molecule has 0 aromatic heterocycles. The molecule has 2 N–H and O–H groups in total. The Kier molecular flexibility index (Phi) is 7.37. The van der Waals surface area contributed by atoms with Crippen LogP contribution in [0.5, 0.6) is 0 Å². The van der Waals surface area contributed by atoms with E-state index in [9.17, 15) is 0 Å². The van der Waals surface area contributed by atoms with Crippen molar-refractivity contribution in [3.8, 4) is 0 Å². The highest BCUT2D eigenvalue weighted by Gasteiger charge is 2.23. The molecule has 5 heteroatoms. The zero-order valence-corrected chi connectivity index (χ0v) is 15.6. The molecule has 1 saturated heterocycles. The molecule has 24 heavy (non-hydrogen) atoms. The van der Waals surface area contributed by atoms with Crippen LogP contribution < -0.4 is 15.5 Å². The van der Waals surface area contributed by atoms with Crippen molar-refractivity contribution in [2.45, 2.75) is 39.3 Å². The van der Waals surface area contributed by atoms with Crippen LogP contribution in [-0.4, -0.2) is 62.7 Å². The highest BCUT2D eigenvalue weighted by Crippen LogP contribution is 2.19. The van der Waals surface area contributed by atoms with Crippen molar-refractivity contribution in [2.24, 2.45) is 4.99 Å². The number of hydrogen-bond donors (Lipinski definition) is 2. The maximum atomic E-state index is 4.37. The molecule has 1 unspecified atom stereocenters. The molecule has 1 fully saturated rings. The van der Waals surface area contributed by atoms with Gasteiger partial charge in [-0.2, -0.15) is 0 Å². The zero-order valence-electron chi connectivity index (χ0n) is 15.6. The number of anilines is 1. The Morgan fingerprint density at radius 2 is 2.08 bits per heavy atom. The summed E-state index contributed by atoms with van der Waals surface area (Å²) < 4.78 is 0. The summed E-state index contributed by atoms with van der Waals surface area (Å²) in [4.78, 5) is 9.26. The first-order chi connectivity index (χ1) is 11.6. The SMILES string of the molecule is CCN(CCNC(=NC)NC1CCN(c2ccccc2)C1)C(C)C. The average Bonchev–Trinajstić information content (AvgIpc) is 3.06.